The average molecular weight is 390 g/mol. The predicted octanol–water partition coefficient (Wildman–Crippen LogP) is 3.50. The van der Waals surface area contributed by atoms with E-state index in [1.54, 1.807) is 0 Å². The van der Waals surface area contributed by atoms with Gasteiger partial charge in [0.1, 0.15) is 0 Å². The molecule has 1 aromatic carbocycles. The number of halogens is 2. The topological polar surface area (TPSA) is 49.6 Å². The molecular weight excluding hydrogens is 357 g/mol. The highest BCUT2D eigenvalue weighted by molar-refractivity contribution is 5.85. The minimum Gasteiger partial charge on any atom is -0.345 e. The molecule has 3 unspecified atom stereocenters. The lowest BCUT2D eigenvalue weighted by molar-refractivity contribution is -0.134. The van der Waals surface area contributed by atoms with E-state index in [-0.39, 0.29) is 42.7 Å². The number of carbonyl (C=O) groups is 1. The third kappa shape index (κ3) is 6.78. The largest absolute Gasteiger partial charge is 0.345 e. The van der Waals surface area contributed by atoms with E-state index >= 15 is 0 Å². The molecule has 2 rings (SSSR count). The lowest BCUT2D eigenvalue weighted by atomic mass is 9.94. The van der Waals surface area contributed by atoms with Crippen LogP contribution in [0, 0.1) is 5.92 Å². The average Bonchev–Trinajstić information content (AvgIpc) is 2.59. The van der Waals surface area contributed by atoms with E-state index in [1.165, 1.54) is 25.8 Å². The van der Waals surface area contributed by atoms with Crippen molar-refractivity contribution in [2.45, 2.75) is 44.7 Å². The van der Waals surface area contributed by atoms with Crippen molar-refractivity contribution >= 4 is 30.7 Å². The number of likely N-dealkylation sites (tertiary alicyclic amines) is 1. The molecule has 1 fully saturated rings. The molecule has 25 heavy (non-hydrogen) atoms. The molecule has 1 aliphatic heterocycles. The number of benzene rings is 1. The molecule has 0 saturated carbocycles. The first kappa shape index (κ1) is 24.2. The third-order valence-electron chi connectivity index (χ3n) is 5.21. The Morgan fingerprint density at radius 2 is 1.92 bits per heavy atom. The highest BCUT2D eigenvalue weighted by atomic mass is 35.5. The van der Waals surface area contributed by atoms with Gasteiger partial charge in [-0.05, 0) is 38.4 Å². The van der Waals surface area contributed by atoms with Gasteiger partial charge in [0, 0.05) is 25.7 Å². The second-order valence-corrected chi connectivity index (χ2v) is 6.90. The Labute approximate surface area is 164 Å². The minimum atomic E-state index is -0.247. The molecule has 0 radical (unpaired) electrons. The van der Waals surface area contributed by atoms with Crippen LogP contribution < -0.4 is 5.73 Å². The van der Waals surface area contributed by atoms with Gasteiger partial charge in [-0.3, -0.25) is 4.79 Å². The quantitative estimate of drug-likeness (QED) is 0.809. The number of nitrogens with two attached hydrogens (primary N) is 1. The van der Waals surface area contributed by atoms with Crippen LogP contribution in [0.1, 0.15) is 44.2 Å². The lowest BCUT2D eigenvalue weighted by Gasteiger charge is -2.34. The molecule has 0 aromatic heterocycles. The summed E-state index contributed by atoms with van der Waals surface area (Å²) in [6.45, 7) is 3.92. The van der Waals surface area contributed by atoms with Gasteiger partial charge in [-0.25, -0.2) is 0 Å². The van der Waals surface area contributed by atoms with Crippen molar-refractivity contribution in [2.75, 3.05) is 27.2 Å². The first-order valence-corrected chi connectivity index (χ1v) is 8.76. The molecule has 1 amide bonds. The maximum atomic E-state index is 12.6. The zero-order valence-electron chi connectivity index (χ0n) is 15.6. The predicted molar refractivity (Wildman–Crippen MR) is 110 cm³/mol. The zero-order valence-corrected chi connectivity index (χ0v) is 17.2. The van der Waals surface area contributed by atoms with Gasteiger partial charge in [0.05, 0.1) is 5.92 Å². The van der Waals surface area contributed by atoms with Gasteiger partial charge in [0.15, 0.2) is 0 Å². The molecule has 0 aliphatic carbocycles. The number of hydrogen-bond donors (Lipinski definition) is 1. The first-order valence-electron chi connectivity index (χ1n) is 8.76. The lowest BCUT2D eigenvalue weighted by Crippen LogP contribution is -2.41. The molecule has 1 heterocycles. The Bertz CT molecular complexity index is 501. The summed E-state index contributed by atoms with van der Waals surface area (Å²) in [7, 11) is 4.10. The number of amides is 1. The molecular formula is C19H33Cl2N3O. The van der Waals surface area contributed by atoms with Gasteiger partial charge in [-0.2, -0.15) is 0 Å². The van der Waals surface area contributed by atoms with Crippen molar-refractivity contribution in [2.24, 2.45) is 11.7 Å². The number of rotatable bonds is 6. The van der Waals surface area contributed by atoms with E-state index in [0.717, 1.165) is 18.5 Å². The van der Waals surface area contributed by atoms with Crippen LogP contribution in [0.3, 0.4) is 0 Å². The second kappa shape index (κ2) is 11.7. The van der Waals surface area contributed by atoms with Gasteiger partial charge in [0.2, 0.25) is 5.91 Å². The van der Waals surface area contributed by atoms with Crippen molar-refractivity contribution in [3.63, 3.8) is 0 Å². The van der Waals surface area contributed by atoms with Crippen LogP contribution >= 0.6 is 24.8 Å². The number of carbonyl (C=O) groups excluding carboxylic acids is 1. The van der Waals surface area contributed by atoms with E-state index < -0.39 is 0 Å². The summed E-state index contributed by atoms with van der Waals surface area (Å²) >= 11 is 0. The van der Waals surface area contributed by atoms with E-state index in [1.807, 2.05) is 49.2 Å². The fourth-order valence-electron chi connectivity index (χ4n) is 3.43. The molecule has 6 heteroatoms. The van der Waals surface area contributed by atoms with Crippen molar-refractivity contribution in [1.82, 2.24) is 9.80 Å². The van der Waals surface area contributed by atoms with Crippen molar-refractivity contribution < 1.29 is 4.79 Å². The molecule has 2 N–H and O–H groups in total. The van der Waals surface area contributed by atoms with Gasteiger partial charge in [-0.1, -0.05) is 43.7 Å². The summed E-state index contributed by atoms with van der Waals surface area (Å²) in [5.41, 5.74) is 7.30. The van der Waals surface area contributed by atoms with Crippen LogP contribution in [0.2, 0.25) is 0 Å². The highest BCUT2D eigenvalue weighted by Gasteiger charge is 2.26. The number of piperidine rings is 1. The third-order valence-corrected chi connectivity index (χ3v) is 5.21. The molecule has 0 spiro atoms. The normalized spacial score (nSPS) is 19.9. The van der Waals surface area contributed by atoms with Gasteiger partial charge in [0.25, 0.3) is 0 Å². The zero-order chi connectivity index (χ0) is 16.8. The smallest absolute Gasteiger partial charge is 0.227 e. The Morgan fingerprint density at radius 3 is 2.52 bits per heavy atom. The van der Waals surface area contributed by atoms with Crippen molar-refractivity contribution in [3.05, 3.63) is 35.9 Å². The van der Waals surface area contributed by atoms with Crippen LogP contribution in [0.15, 0.2) is 30.3 Å². The van der Waals surface area contributed by atoms with Crippen LogP contribution in [0.5, 0.6) is 0 Å². The van der Waals surface area contributed by atoms with E-state index in [2.05, 4.69) is 11.9 Å². The summed E-state index contributed by atoms with van der Waals surface area (Å²) in [5.74, 6) is -0.0636. The van der Waals surface area contributed by atoms with E-state index in [4.69, 9.17) is 5.73 Å². The van der Waals surface area contributed by atoms with Crippen LogP contribution in [-0.2, 0) is 4.79 Å². The summed E-state index contributed by atoms with van der Waals surface area (Å²) < 4.78 is 0. The van der Waals surface area contributed by atoms with Gasteiger partial charge < -0.3 is 15.5 Å². The fourth-order valence-corrected chi connectivity index (χ4v) is 3.43. The summed E-state index contributed by atoms with van der Waals surface area (Å²) in [6.07, 6.45) is 4.90. The van der Waals surface area contributed by atoms with Gasteiger partial charge in [-0.15, -0.1) is 24.8 Å². The highest BCUT2D eigenvalue weighted by Crippen LogP contribution is 2.22. The van der Waals surface area contributed by atoms with E-state index in [9.17, 15) is 4.79 Å². The molecule has 1 aliphatic rings. The molecule has 0 bridgehead atoms. The van der Waals surface area contributed by atoms with Crippen LogP contribution in [-0.4, -0.2) is 48.9 Å². The molecule has 144 valence electrons. The maximum Gasteiger partial charge on any atom is 0.227 e. The Kier molecular flexibility index (Phi) is 11.4. The Hall–Kier alpha value is -0.810. The SMILES string of the molecule is CC(C(=O)N(C)CCC1CCCCN1C)C(N)c1ccccc1.Cl.Cl. The fraction of sp³-hybridized carbons (Fsp3) is 0.632. The Morgan fingerprint density at radius 1 is 1.28 bits per heavy atom. The van der Waals surface area contributed by atoms with Gasteiger partial charge >= 0.3 is 0 Å². The second-order valence-electron chi connectivity index (χ2n) is 6.90. The van der Waals surface area contributed by atoms with Crippen LogP contribution in [0.25, 0.3) is 0 Å². The summed E-state index contributed by atoms with van der Waals surface area (Å²) in [5, 5.41) is 0. The molecule has 4 nitrogen and oxygen atoms in total. The van der Waals surface area contributed by atoms with Crippen LogP contribution in [0.4, 0.5) is 0 Å². The molecule has 1 saturated heterocycles. The number of nitrogens with zero attached hydrogens (tertiary/aromatic N) is 2. The summed E-state index contributed by atoms with van der Waals surface area (Å²) in [6, 6.07) is 10.2. The Balaban J connectivity index is 0.00000288. The van der Waals surface area contributed by atoms with Crippen molar-refractivity contribution in [1.29, 1.82) is 0 Å². The molecule has 3 atom stereocenters. The monoisotopic (exact) mass is 389 g/mol. The standard InChI is InChI=1S/C19H31N3O.2ClH/c1-15(18(20)16-9-5-4-6-10-16)19(23)22(3)14-12-17-11-7-8-13-21(17)2;;/h4-6,9-10,15,17-18H,7-8,11-14,20H2,1-3H3;2*1H. The maximum absolute atomic E-state index is 12.6. The summed E-state index contributed by atoms with van der Waals surface area (Å²) in [4.78, 5) is 16.9. The molecule has 1 aromatic rings. The minimum absolute atomic E-state index is 0. The number of hydrogen-bond acceptors (Lipinski definition) is 3. The van der Waals surface area contributed by atoms with Crippen molar-refractivity contribution in [3.8, 4) is 0 Å². The first-order chi connectivity index (χ1) is 11.0. The van der Waals surface area contributed by atoms with E-state index in [0.29, 0.717) is 6.04 Å².